The van der Waals surface area contributed by atoms with Crippen molar-refractivity contribution in [3.8, 4) is 5.75 Å². The predicted octanol–water partition coefficient (Wildman–Crippen LogP) is 3.22. The molecule has 0 saturated heterocycles. The lowest BCUT2D eigenvalue weighted by molar-refractivity contribution is 0.414. The summed E-state index contributed by atoms with van der Waals surface area (Å²) in [7, 11) is 1.72. The van der Waals surface area contributed by atoms with Gasteiger partial charge in [0.25, 0.3) is 0 Å². The van der Waals surface area contributed by atoms with Crippen LogP contribution in [0.25, 0.3) is 0 Å². The monoisotopic (exact) mass is 247 g/mol. The highest BCUT2D eigenvalue weighted by Gasteiger charge is 2.51. The van der Waals surface area contributed by atoms with Crippen LogP contribution in [0.5, 0.6) is 5.75 Å². The summed E-state index contributed by atoms with van der Waals surface area (Å²) in [5.74, 6) is 2.44. The number of nitrogens with one attached hydrogen (secondary N) is 1. The lowest BCUT2D eigenvalue weighted by atomic mass is 9.93. The topological polar surface area (TPSA) is 21.3 Å². The van der Waals surface area contributed by atoms with Gasteiger partial charge < -0.3 is 10.1 Å². The number of hydrogen-bond acceptors (Lipinski definition) is 2. The second-order valence-corrected chi connectivity index (χ2v) is 6.01. The number of rotatable bonds is 6. The van der Waals surface area contributed by atoms with E-state index in [-0.39, 0.29) is 0 Å². The minimum absolute atomic E-state index is 0.362. The average molecular weight is 247 g/mol. The Bertz CT molecular complexity index is 385. The van der Waals surface area contributed by atoms with Gasteiger partial charge in [-0.15, -0.1) is 0 Å². The Balaban J connectivity index is 2.03. The number of hydrogen-bond donors (Lipinski definition) is 1. The van der Waals surface area contributed by atoms with Crippen LogP contribution < -0.4 is 10.1 Å². The van der Waals surface area contributed by atoms with Crippen molar-refractivity contribution in [1.29, 1.82) is 0 Å². The molecular formula is C16H25NO. The molecule has 0 aliphatic heterocycles. The Kier molecular flexibility index (Phi) is 3.96. The third kappa shape index (κ3) is 2.69. The maximum absolute atomic E-state index is 5.23. The minimum Gasteiger partial charge on any atom is -0.497 e. The molecule has 2 nitrogen and oxygen atoms in total. The molecular weight excluding hydrogens is 222 g/mol. The van der Waals surface area contributed by atoms with Crippen molar-refractivity contribution >= 4 is 0 Å². The molecule has 2 atom stereocenters. The molecule has 1 N–H and O–H groups in total. The van der Waals surface area contributed by atoms with Gasteiger partial charge in [0.1, 0.15) is 5.75 Å². The molecule has 0 aromatic heterocycles. The molecule has 0 radical (unpaired) electrons. The number of methoxy groups -OCH3 is 1. The standard InChI is InChI=1S/C16H25NO/c1-12(2)10-17-11-16(9-13(16)3)14-5-7-15(18-4)8-6-14/h5-8,12-13,17H,9-11H2,1-4H3. The first kappa shape index (κ1) is 13.4. The van der Waals surface area contributed by atoms with Gasteiger partial charge in [0, 0.05) is 12.0 Å². The van der Waals surface area contributed by atoms with Gasteiger partial charge in [0.15, 0.2) is 0 Å². The first-order chi connectivity index (χ1) is 8.58. The lowest BCUT2D eigenvalue weighted by Gasteiger charge is -2.19. The molecule has 1 aromatic rings. The summed E-state index contributed by atoms with van der Waals surface area (Å²) in [6, 6.07) is 8.59. The number of ether oxygens (including phenoxy) is 1. The zero-order chi connectivity index (χ0) is 13.2. The molecule has 100 valence electrons. The van der Waals surface area contributed by atoms with E-state index in [0.717, 1.165) is 24.8 Å². The van der Waals surface area contributed by atoms with Crippen LogP contribution in [0.3, 0.4) is 0 Å². The average Bonchev–Trinajstić information content (AvgIpc) is 3.01. The Morgan fingerprint density at radius 2 is 1.94 bits per heavy atom. The molecule has 1 fully saturated rings. The summed E-state index contributed by atoms with van der Waals surface area (Å²) < 4.78 is 5.23. The fourth-order valence-electron chi connectivity index (χ4n) is 2.75. The summed E-state index contributed by atoms with van der Waals surface area (Å²) in [5, 5.41) is 3.61. The first-order valence-corrected chi connectivity index (χ1v) is 6.94. The van der Waals surface area contributed by atoms with E-state index >= 15 is 0 Å². The summed E-state index contributed by atoms with van der Waals surface area (Å²) >= 11 is 0. The van der Waals surface area contributed by atoms with Gasteiger partial charge in [-0.25, -0.2) is 0 Å². The van der Waals surface area contributed by atoms with Crippen LogP contribution >= 0.6 is 0 Å². The fraction of sp³-hybridized carbons (Fsp3) is 0.625. The van der Waals surface area contributed by atoms with Crippen LogP contribution in [0, 0.1) is 11.8 Å². The molecule has 0 bridgehead atoms. The maximum Gasteiger partial charge on any atom is 0.118 e. The third-order valence-electron chi connectivity index (χ3n) is 4.11. The Morgan fingerprint density at radius 3 is 2.39 bits per heavy atom. The van der Waals surface area contributed by atoms with E-state index in [1.807, 2.05) is 0 Å². The van der Waals surface area contributed by atoms with Crippen LogP contribution in [0.15, 0.2) is 24.3 Å². The maximum atomic E-state index is 5.23. The molecule has 2 unspecified atom stereocenters. The first-order valence-electron chi connectivity index (χ1n) is 6.94. The van der Waals surface area contributed by atoms with E-state index in [0.29, 0.717) is 11.3 Å². The van der Waals surface area contributed by atoms with E-state index in [4.69, 9.17) is 4.74 Å². The molecule has 1 aromatic carbocycles. The summed E-state index contributed by atoms with van der Waals surface area (Å²) in [6.45, 7) is 9.05. The molecule has 2 rings (SSSR count). The van der Waals surface area contributed by atoms with E-state index < -0.39 is 0 Å². The molecule has 1 saturated carbocycles. The van der Waals surface area contributed by atoms with Crippen molar-refractivity contribution in [2.45, 2.75) is 32.6 Å². The zero-order valence-corrected chi connectivity index (χ0v) is 12.0. The SMILES string of the molecule is COc1ccc(C2(CNCC(C)C)CC2C)cc1. The smallest absolute Gasteiger partial charge is 0.118 e. The number of benzene rings is 1. The molecule has 0 amide bonds. The van der Waals surface area contributed by atoms with Gasteiger partial charge in [0.05, 0.1) is 7.11 Å². The highest BCUT2D eigenvalue weighted by Crippen LogP contribution is 2.53. The van der Waals surface area contributed by atoms with Crippen molar-refractivity contribution in [2.75, 3.05) is 20.2 Å². The minimum atomic E-state index is 0.362. The summed E-state index contributed by atoms with van der Waals surface area (Å²) in [6.07, 6.45) is 1.30. The van der Waals surface area contributed by atoms with Gasteiger partial charge in [-0.2, -0.15) is 0 Å². The molecule has 1 aliphatic carbocycles. The van der Waals surface area contributed by atoms with Gasteiger partial charge in [-0.1, -0.05) is 32.9 Å². The van der Waals surface area contributed by atoms with Gasteiger partial charge in [-0.3, -0.25) is 0 Å². The Labute approximate surface area is 111 Å². The Morgan fingerprint density at radius 1 is 1.33 bits per heavy atom. The van der Waals surface area contributed by atoms with Crippen molar-refractivity contribution in [1.82, 2.24) is 5.32 Å². The molecule has 0 spiro atoms. The van der Waals surface area contributed by atoms with Crippen LogP contribution in [-0.2, 0) is 5.41 Å². The van der Waals surface area contributed by atoms with E-state index in [9.17, 15) is 0 Å². The normalized spacial score (nSPS) is 26.4. The fourth-order valence-corrected chi connectivity index (χ4v) is 2.75. The zero-order valence-electron chi connectivity index (χ0n) is 12.0. The van der Waals surface area contributed by atoms with Crippen molar-refractivity contribution < 1.29 is 4.74 Å². The molecule has 18 heavy (non-hydrogen) atoms. The predicted molar refractivity (Wildman–Crippen MR) is 76.2 cm³/mol. The second kappa shape index (κ2) is 5.31. The van der Waals surface area contributed by atoms with Crippen LogP contribution in [-0.4, -0.2) is 20.2 Å². The largest absolute Gasteiger partial charge is 0.497 e. The van der Waals surface area contributed by atoms with Crippen LogP contribution in [0.2, 0.25) is 0 Å². The van der Waals surface area contributed by atoms with Crippen LogP contribution in [0.1, 0.15) is 32.8 Å². The molecule has 0 heterocycles. The van der Waals surface area contributed by atoms with E-state index in [1.54, 1.807) is 7.11 Å². The quantitative estimate of drug-likeness (QED) is 0.833. The van der Waals surface area contributed by atoms with Crippen molar-refractivity contribution in [3.63, 3.8) is 0 Å². The van der Waals surface area contributed by atoms with Gasteiger partial charge in [0.2, 0.25) is 0 Å². The van der Waals surface area contributed by atoms with Crippen LogP contribution in [0.4, 0.5) is 0 Å². The summed E-state index contributed by atoms with van der Waals surface area (Å²) in [4.78, 5) is 0. The molecule has 1 aliphatic rings. The second-order valence-electron chi connectivity index (χ2n) is 6.01. The summed E-state index contributed by atoms with van der Waals surface area (Å²) in [5.41, 5.74) is 1.81. The van der Waals surface area contributed by atoms with Crippen molar-refractivity contribution in [3.05, 3.63) is 29.8 Å². The molecule has 2 heteroatoms. The Hall–Kier alpha value is -1.02. The highest BCUT2D eigenvalue weighted by molar-refractivity contribution is 5.37. The lowest BCUT2D eigenvalue weighted by Crippen LogP contribution is -2.30. The van der Waals surface area contributed by atoms with Gasteiger partial charge >= 0.3 is 0 Å². The highest BCUT2D eigenvalue weighted by atomic mass is 16.5. The van der Waals surface area contributed by atoms with Gasteiger partial charge in [-0.05, 0) is 42.5 Å². The third-order valence-corrected chi connectivity index (χ3v) is 4.11. The van der Waals surface area contributed by atoms with Crippen molar-refractivity contribution in [2.24, 2.45) is 11.8 Å². The van der Waals surface area contributed by atoms with E-state index in [1.165, 1.54) is 12.0 Å². The van der Waals surface area contributed by atoms with E-state index in [2.05, 4.69) is 50.4 Å².